The first kappa shape index (κ1) is 16.1. The van der Waals surface area contributed by atoms with Gasteiger partial charge in [0, 0.05) is 6.54 Å². The molecule has 0 aliphatic rings. The molecule has 0 radical (unpaired) electrons. The van der Waals surface area contributed by atoms with Crippen molar-refractivity contribution in [3.63, 3.8) is 0 Å². The number of nitrogens with one attached hydrogen (secondary N) is 2. The van der Waals surface area contributed by atoms with Crippen molar-refractivity contribution in [2.24, 2.45) is 5.73 Å². The Balaban J connectivity index is 4.66. The number of amidine groups is 1. The summed E-state index contributed by atoms with van der Waals surface area (Å²) in [5, 5.41) is 6.96. The van der Waals surface area contributed by atoms with Gasteiger partial charge in [-0.05, 0) is 6.42 Å². The molecule has 0 heterocycles. The van der Waals surface area contributed by atoms with Crippen LogP contribution in [-0.4, -0.2) is 44.4 Å². The monoisotopic (exact) mass is 276 g/mol. The highest BCUT2D eigenvalue weighted by Gasteiger charge is 2.31. The van der Waals surface area contributed by atoms with E-state index >= 15 is 0 Å². The van der Waals surface area contributed by atoms with Gasteiger partial charge in [-0.25, -0.2) is 0 Å². The fraction of sp³-hybridized carbons (Fsp3) is 0.857. The number of hydrogen-bond acceptors (Lipinski definition) is 3. The summed E-state index contributed by atoms with van der Waals surface area (Å²) in [6.45, 7) is -0.423. The van der Waals surface area contributed by atoms with Crippen molar-refractivity contribution in [3.05, 3.63) is 0 Å². The lowest BCUT2D eigenvalue weighted by atomic mass is 10.4. The average Bonchev–Trinajstić information content (AvgIpc) is 2.13. The number of nitrogens with zero attached hydrogens (tertiary/aromatic N) is 1. The highest BCUT2D eigenvalue weighted by molar-refractivity contribution is 7.87. The van der Waals surface area contributed by atoms with E-state index in [4.69, 9.17) is 11.1 Å². The molecule has 6 nitrogen and oxygen atoms in total. The number of halogens is 3. The van der Waals surface area contributed by atoms with Crippen LogP contribution >= 0.6 is 0 Å². The summed E-state index contributed by atoms with van der Waals surface area (Å²) >= 11 is 0. The van der Waals surface area contributed by atoms with E-state index in [9.17, 15) is 21.6 Å². The van der Waals surface area contributed by atoms with Crippen molar-refractivity contribution in [2.75, 3.05) is 19.6 Å². The van der Waals surface area contributed by atoms with Gasteiger partial charge >= 0.3 is 6.18 Å². The zero-order valence-corrected chi connectivity index (χ0v) is 10.0. The lowest BCUT2D eigenvalue weighted by Crippen LogP contribution is -2.47. The molecule has 0 aromatic carbocycles. The van der Waals surface area contributed by atoms with Crippen LogP contribution in [0, 0.1) is 5.41 Å². The van der Waals surface area contributed by atoms with Gasteiger partial charge in [0.25, 0.3) is 10.2 Å². The molecule has 0 rings (SSSR count). The molecule has 0 spiro atoms. The summed E-state index contributed by atoms with van der Waals surface area (Å²) in [5.74, 6) is -0.434. The molecular formula is C7H15F3N4O2S. The van der Waals surface area contributed by atoms with Gasteiger partial charge in [0.15, 0.2) is 0 Å². The van der Waals surface area contributed by atoms with E-state index in [2.05, 4.69) is 0 Å². The van der Waals surface area contributed by atoms with Gasteiger partial charge in [0.05, 0.1) is 6.54 Å². The van der Waals surface area contributed by atoms with Crippen LogP contribution in [-0.2, 0) is 10.2 Å². The minimum atomic E-state index is -4.62. The average molecular weight is 276 g/mol. The van der Waals surface area contributed by atoms with Crippen molar-refractivity contribution < 1.29 is 21.6 Å². The number of alkyl halides is 3. The minimum Gasteiger partial charge on any atom is -0.387 e. The molecule has 0 atom stereocenters. The van der Waals surface area contributed by atoms with Crippen LogP contribution in [0.25, 0.3) is 0 Å². The molecule has 0 aliphatic heterocycles. The fourth-order valence-electron chi connectivity index (χ4n) is 0.988. The second-order valence-electron chi connectivity index (χ2n) is 3.30. The Labute approximate surface area is 97.7 Å². The molecular weight excluding hydrogens is 261 g/mol. The maximum atomic E-state index is 11.9. The van der Waals surface area contributed by atoms with E-state index in [0.29, 0.717) is 10.7 Å². The van der Waals surface area contributed by atoms with Crippen molar-refractivity contribution in [1.82, 2.24) is 9.03 Å². The standard InChI is InChI=1S/C7H15F3N4O2S/c1-2-3-14(4-6(11)12)17(15,16)13-5-7(8,9)10/h13H,2-5H2,1H3,(H3,11,12). The molecule has 0 saturated heterocycles. The normalized spacial score (nSPS) is 13.0. The van der Waals surface area contributed by atoms with Crippen LogP contribution < -0.4 is 10.5 Å². The molecule has 0 aromatic heterocycles. The Morgan fingerprint density at radius 3 is 2.35 bits per heavy atom. The minimum absolute atomic E-state index is 0.00717. The third-order valence-electron chi connectivity index (χ3n) is 1.61. The molecule has 0 amide bonds. The van der Waals surface area contributed by atoms with Crippen LogP contribution in [0.1, 0.15) is 13.3 Å². The van der Waals surface area contributed by atoms with Gasteiger partial charge in [0.2, 0.25) is 0 Å². The largest absolute Gasteiger partial charge is 0.402 e. The number of nitrogens with two attached hydrogens (primary N) is 1. The van der Waals surface area contributed by atoms with Crippen molar-refractivity contribution in [1.29, 1.82) is 5.41 Å². The van der Waals surface area contributed by atoms with Crippen LogP contribution in [0.15, 0.2) is 0 Å². The molecule has 0 unspecified atom stereocenters. The van der Waals surface area contributed by atoms with E-state index < -0.39 is 35.3 Å². The summed E-state index contributed by atoms with van der Waals surface area (Å²) in [7, 11) is -4.27. The van der Waals surface area contributed by atoms with E-state index in [1.54, 1.807) is 6.92 Å². The maximum Gasteiger partial charge on any atom is 0.402 e. The third kappa shape index (κ3) is 7.13. The van der Waals surface area contributed by atoms with Gasteiger partial charge in [-0.1, -0.05) is 6.92 Å². The highest BCUT2D eigenvalue weighted by atomic mass is 32.2. The molecule has 4 N–H and O–H groups in total. The van der Waals surface area contributed by atoms with E-state index in [1.165, 1.54) is 4.72 Å². The summed E-state index contributed by atoms with van der Waals surface area (Å²) in [6.07, 6.45) is -4.22. The van der Waals surface area contributed by atoms with Crippen LogP contribution in [0.4, 0.5) is 13.2 Å². The third-order valence-corrected chi connectivity index (χ3v) is 3.12. The highest BCUT2D eigenvalue weighted by Crippen LogP contribution is 2.13. The smallest absolute Gasteiger partial charge is 0.387 e. The Hall–Kier alpha value is -0.870. The predicted molar refractivity (Wildman–Crippen MR) is 56.8 cm³/mol. The molecule has 17 heavy (non-hydrogen) atoms. The van der Waals surface area contributed by atoms with Crippen molar-refractivity contribution >= 4 is 16.0 Å². The predicted octanol–water partition coefficient (Wildman–Crippen LogP) is 0.0311. The molecule has 10 heteroatoms. The van der Waals surface area contributed by atoms with Crippen LogP contribution in [0.5, 0.6) is 0 Å². The Bertz CT molecular complexity index is 355. The summed E-state index contributed by atoms with van der Waals surface area (Å²) in [6, 6.07) is 0. The number of hydrogen-bond donors (Lipinski definition) is 3. The fourth-order valence-corrected chi connectivity index (χ4v) is 2.25. The first-order chi connectivity index (χ1) is 7.58. The Morgan fingerprint density at radius 2 is 2.00 bits per heavy atom. The summed E-state index contributed by atoms with van der Waals surface area (Å²) in [5.41, 5.74) is 5.03. The van der Waals surface area contributed by atoms with E-state index in [0.717, 1.165) is 0 Å². The van der Waals surface area contributed by atoms with Gasteiger partial charge in [-0.15, -0.1) is 0 Å². The summed E-state index contributed by atoms with van der Waals surface area (Å²) < 4.78 is 60.7. The van der Waals surface area contributed by atoms with E-state index in [1.807, 2.05) is 0 Å². The van der Waals surface area contributed by atoms with Crippen LogP contribution in [0.3, 0.4) is 0 Å². The van der Waals surface area contributed by atoms with Gasteiger partial charge < -0.3 is 5.73 Å². The molecule has 0 saturated carbocycles. The second kappa shape index (κ2) is 6.17. The van der Waals surface area contributed by atoms with Gasteiger partial charge in [0.1, 0.15) is 12.4 Å². The second-order valence-corrected chi connectivity index (χ2v) is 5.06. The Morgan fingerprint density at radius 1 is 1.47 bits per heavy atom. The lowest BCUT2D eigenvalue weighted by molar-refractivity contribution is -0.121. The topological polar surface area (TPSA) is 99.3 Å². The lowest BCUT2D eigenvalue weighted by Gasteiger charge is -2.21. The van der Waals surface area contributed by atoms with Gasteiger partial charge in [-0.2, -0.15) is 30.6 Å². The molecule has 0 fully saturated rings. The molecule has 102 valence electrons. The zero-order chi connectivity index (χ0) is 13.7. The Kier molecular flexibility index (Phi) is 5.85. The molecule has 0 aromatic rings. The first-order valence-electron chi connectivity index (χ1n) is 4.73. The van der Waals surface area contributed by atoms with Gasteiger partial charge in [-0.3, -0.25) is 5.41 Å². The quantitative estimate of drug-likeness (QED) is 0.452. The van der Waals surface area contributed by atoms with Crippen LogP contribution in [0.2, 0.25) is 0 Å². The maximum absolute atomic E-state index is 11.9. The van der Waals surface area contributed by atoms with Crippen molar-refractivity contribution in [2.45, 2.75) is 19.5 Å². The van der Waals surface area contributed by atoms with E-state index in [-0.39, 0.29) is 6.54 Å². The SMILES string of the molecule is CCCN(CC(=N)N)S(=O)(=O)NCC(F)(F)F. The number of rotatable bonds is 7. The molecule has 0 bridgehead atoms. The first-order valence-corrected chi connectivity index (χ1v) is 6.17. The molecule has 0 aliphatic carbocycles. The van der Waals surface area contributed by atoms with Crippen molar-refractivity contribution in [3.8, 4) is 0 Å². The summed E-state index contributed by atoms with van der Waals surface area (Å²) in [4.78, 5) is 0. The zero-order valence-electron chi connectivity index (χ0n) is 9.21.